The summed E-state index contributed by atoms with van der Waals surface area (Å²) >= 11 is 0.747. The minimum Gasteiger partial charge on any atom is -0.465 e. The molecule has 3 aromatic carbocycles. The molecule has 184 valence electrons. The molecule has 3 amide bonds. The van der Waals surface area contributed by atoms with Crippen LogP contribution in [-0.4, -0.2) is 41.6 Å². The second kappa shape index (κ2) is 10.2. The Balaban J connectivity index is 1.27. The van der Waals surface area contributed by atoms with Gasteiger partial charge in [0.05, 0.1) is 17.6 Å². The van der Waals surface area contributed by atoms with Crippen LogP contribution in [0.2, 0.25) is 0 Å². The third-order valence-corrected chi connectivity index (χ3v) is 6.64. The average molecular weight is 513 g/mol. The first-order valence-electron chi connectivity index (χ1n) is 11.2. The van der Waals surface area contributed by atoms with Gasteiger partial charge in [-0.15, -0.1) is 0 Å². The van der Waals surface area contributed by atoms with E-state index in [2.05, 4.69) is 5.32 Å². The van der Waals surface area contributed by atoms with E-state index in [4.69, 9.17) is 9.15 Å². The number of ether oxygens (including phenoxy) is 1. The van der Waals surface area contributed by atoms with Crippen LogP contribution in [0.5, 0.6) is 0 Å². The summed E-state index contributed by atoms with van der Waals surface area (Å²) in [6, 6.07) is 23.2. The number of methoxy groups -OCH3 is 1. The number of fused-ring (bicyclic) bond motifs is 1. The number of thioether (sulfide) groups is 1. The van der Waals surface area contributed by atoms with Crippen LogP contribution < -0.4 is 5.32 Å². The Kier molecular flexibility index (Phi) is 6.61. The zero-order chi connectivity index (χ0) is 25.9. The molecule has 1 aromatic heterocycles. The number of esters is 1. The smallest absolute Gasteiger partial charge is 0.337 e. The summed E-state index contributed by atoms with van der Waals surface area (Å²) in [6.07, 6.45) is 1.47. The van der Waals surface area contributed by atoms with Crippen molar-refractivity contribution < 1.29 is 28.3 Å². The van der Waals surface area contributed by atoms with Gasteiger partial charge in [0.1, 0.15) is 18.1 Å². The van der Waals surface area contributed by atoms with Gasteiger partial charge in [-0.1, -0.05) is 48.5 Å². The van der Waals surface area contributed by atoms with E-state index >= 15 is 0 Å². The first-order chi connectivity index (χ1) is 17.9. The standard InChI is InChI=1S/C28H20N2O6S/c1-35-27(33)19-11-9-18(10-12-19)23-14-13-20(36-23)15-24-26(32)30(28(34)37-24)16-25(31)29-22-8-4-6-17-5-2-3-7-21(17)22/h2-15H,16H2,1H3,(H,29,31)/b24-15+. The van der Waals surface area contributed by atoms with Crippen molar-refractivity contribution in [2.45, 2.75) is 0 Å². The topological polar surface area (TPSA) is 106 Å². The van der Waals surface area contributed by atoms with E-state index in [-0.39, 0.29) is 4.91 Å². The molecule has 1 N–H and O–H groups in total. The van der Waals surface area contributed by atoms with Gasteiger partial charge in [0.25, 0.3) is 11.1 Å². The van der Waals surface area contributed by atoms with Gasteiger partial charge in [0.2, 0.25) is 5.91 Å². The molecule has 2 heterocycles. The number of anilines is 1. The Bertz CT molecular complexity index is 1570. The molecule has 8 nitrogen and oxygen atoms in total. The van der Waals surface area contributed by atoms with Crippen molar-refractivity contribution in [3.05, 3.63) is 95.1 Å². The Morgan fingerprint density at radius 1 is 0.973 bits per heavy atom. The molecule has 0 atom stereocenters. The fraction of sp³-hybridized carbons (Fsp3) is 0.0714. The van der Waals surface area contributed by atoms with Crippen molar-refractivity contribution in [3.63, 3.8) is 0 Å². The lowest BCUT2D eigenvalue weighted by atomic mass is 10.1. The quantitative estimate of drug-likeness (QED) is 0.266. The second-order valence-electron chi connectivity index (χ2n) is 8.11. The summed E-state index contributed by atoms with van der Waals surface area (Å²) in [5.41, 5.74) is 1.75. The van der Waals surface area contributed by atoms with Crippen LogP contribution in [0.1, 0.15) is 16.1 Å². The van der Waals surface area contributed by atoms with Crippen molar-refractivity contribution in [2.24, 2.45) is 0 Å². The fourth-order valence-electron chi connectivity index (χ4n) is 3.91. The van der Waals surface area contributed by atoms with E-state index in [9.17, 15) is 19.2 Å². The van der Waals surface area contributed by atoms with Gasteiger partial charge in [-0.3, -0.25) is 19.3 Å². The van der Waals surface area contributed by atoms with E-state index in [1.165, 1.54) is 13.2 Å². The van der Waals surface area contributed by atoms with Crippen LogP contribution in [0.4, 0.5) is 10.5 Å². The molecule has 4 aromatic rings. The van der Waals surface area contributed by atoms with Crippen molar-refractivity contribution in [2.75, 3.05) is 19.0 Å². The highest BCUT2D eigenvalue weighted by atomic mass is 32.2. The van der Waals surface area contributed by atoms with Crippen LogP contribution in [0.15, 0.2) is 88.2 Å². The van der Waals surface area contributed by atoms with Crippen LogP contribution in [0.25, 0.3) is 28.2 Å². The number of furan rings is 1. The van der Waals surface area contributed by atoms with E-state index in [0.717, 1.165) is 33.0 Å². The normalized spacial score (nSPS) is 14.4. The minimum atomic E-state index is -0.566. The van der Waals surface area contributed by atoms with Crippen LogP contribution in [-0.2, 0) is 14.3 Å². The summed E-state index contributed by atoms with van der Waals surface area (Å²) < 4.78 is 10.5. The highest BCUT2D eigenvalue weighted by Gasteiger charge is 2.36. The number of nitrogens with one attached hydrogen (secondary N) is 1. The number of hydrogen-bond donors (Lipinski definition) is 1. The summed E-state index contributed by atoms with van der Waals surface area (Å²) in [5.74, 6) is -0.582. The Morgan fingerprint density at radius 2 is 1.73 bits per heavy atom. The van der Waals surface area contributed by atoms with Crippen molar-refractivity contribution in [1.29, 1.82) is 0 Å². The molecule has 1 saturated heterocycles. The lowest BCUT2D eigenvalue weighted by molar-refractivity contribution is -0.127. The predicted molar refractivity (Wildman–Crippen MR) is 141 cm³/mol. The molecule has 0 bridgehead atoms. The summed E-state index contributed by atoms with van der Waals surface area (Å²) in [5, 5.41) is 4.09. The average Bonchev–Trinajstić information content (AvgIpc) is 3.48. The number of carbonyl (C=O) groups excluding carboxylic acids is 4. The molecule has 1 aliphatic rings. The van der Waals surface area contributed by atoms with Gasteiger partial charge < -0.3 is 14.5 Å². The van der Waals surface area contributed by atoms with Gasteiger partial charge in [0, 0.05) is 22.7 Å². The highest BCUT2D eigenvalue weighted by molar-refractivity contribution is 8.18. The molecule has 0 spiro atoms. The third kappa shape index (κ3) is 5.03. The molecule has 9 heteroatoms. The molecule has 37 heavy (non-hydrogen) atoms. The van der Waals surface area contributed by atoms with E-state index < -0.39 is 29.6 Å². The zero-order valence-corrected chi connectivity index (χ0v) is 20.4. The molecule has 1 fully saturated rings. The maximum atomic E-state index is 12.9. The molecule has 0 radical (unpaired) electrons. The lowest BCUT2D eigenvalue weighted by Crippen LogP contribution is -2.36. The first-order valence-corrected chi connectivity index (χ1v) is 12.1. The minimum absolute atomic E-state index is 0.157. The van der Waals surface area contributed by atoms with Crippen LogP contribution in [0, 0.1) is 0 Å². The second-order valence-corrected chi connectivity index (χ2v) is 9.11. The zero-order valence-electron chi connectivity index (χ0n) is 19.6. The molecular formula is C28H20N2O6S. The molecule has 5 rings (SSSR count). The van der Waals surface area contributed by atoms with E-state index in [0.29, 0.717) is 22.8 Å². The van der Waals surface area contributed by atoms with Gasteiger partial charge in [-0.05, 0) is 47.5 Å². The Morgan fingerprint density at radius 3 is 2.51 bits per heavy atom. The SMILES string of the molecule is COC(=O)c1ccc(-c2ccc(/C=C3/SC(=O)N(CC(=O)Nc4cccc5ccccc45)C3=O)o2)cc1. The fourth-order valence-corrected chi connectivity index (χ4v) is 4.73. The van der Waals surface area contributed by atoms with E-state index in [1.807, 2.05) is 36.4 Å². The Hall–Kier alpha value is -4.63. The number of hydrogen-bond acceptors (Lipinski definition) is 7. The monoisotopic (exact) mass is 512 g/mol. The van der Waals surface area contributed by atoms with Gasteiger partial charge in [0.15, 0.2) is 0 Å². The van der Waals surface area contributed by atoms with Crippen LogP contribution in [0.3, 0.4) is 0 Å². The number of amides is 3. The summed E-state index contributed by atoms with van der Waals surface area (Å²) in [4.78, 5) is 50.7. The van der Waals surface area contributed by atoms with Crippen molar-refractivity contribution >= 4 is 57.3 Å². The molecule has 0 aliphatic carbocycles. The number of benzene rings is 3. The van der Waals surface area contributed by atoms with Crippen molar-refractivity contribution in [1.82, 2.24) is 4.90 Å². The maximum Gasteiger partial charge on any atom is 0.337 e. The Labute approximate surface area is 215 Å². The number of rotatable bonds is 6. The highest BCUT2D eigenvalue weighted by Crippen LogP contribution is 2.33. The maximum absolute atomic E-state index is 12.9. The summed E-state index contributed by atoms with van der Waals surface area (Å²) in [7, 11) is 1.31. The molecule has 1 aliphatic heterocycles. The van der Waals surface area contributed by atoms with Crippen LogP contribution >= 0.6 is 11.8 Å². The number of nitrogens with zero attached hydrogens (tertiary/aromatic N) is 1. The van der Waals surface area contributed by atoms with Gasteiger partial charge in [-0.2, -0.15) is 0 Å². The van der Waals surface area contributed by atoms with Gasteiger partial charge >= 0.3 is 5.97 Å². The number of carbonyl (C=O) groups is 4. The van der Waals surface area contributed by atoms with E-state index in [1.54, 1.807) is 42.5 Å². The van der Waals surface area contributed by atoms with Gasteiger partial charge in [-0.25, -0.2) is 4.79 Å². The van der Waals surface area contributed by atoms with Crippen molar-refractivity contribution in [3.8, 4) is 11.3 Å². The summed E-state index contributed by atoms with van der Waals surface area (Å²) in [6.45, 7) is -0.402. The number of imide groups is 1. The lowest BCUT2D eigenvalue weighted by Gasteiger charge is -2.13. The largest absolute Gasteiger partial charge is 0.465 e. The molecule has 0 saturated carbocycles. The first kappa shape index (κ1) is 24.1. The molecular weight excluding hydrogens is 492 g/mol. The third-order valence-electron chi connectivity index (χ3n) is 5.73. The molecule has 0 unspecified atom stereocenters. The predicted octanol–water partition coefficient (Wildman–Crippen LogP) is 5.56.